The number of hydrogen-bond acceptors (Lipinski definition) is 2. The maximum atomic E-state index is 3.54. The van der Waals surface area contributed by atoms with Crippen LogP contribution in [-0.2, 0) is 0 Å². The van der Waals surface area contributed by atoms with Crippen molar-refractivity contribution in [1.29, 1.82) is 0 Å². The van der Waals surface area contributed by atoms with E-state index in [0.29, 0.717) is 18.0 Å². The highest BCUT2D eigenvalue weighted by molar-refractivity contribution is 5.56. The van der Waals surface area contributed by atoms with E-state index in [1.165, 1.54) is 11.3 Å². The zero-order valence-corrected chi connectivity index (χ0v) is 11.4. The third-order valence-electron chi connectivity index (χ3n) is 3.63. The zero-order chi connectivity index (χ0) is 12.4. The highest BCUT2D eigenvalue weighted by atomic mass is 15.2. The van der Waals surface area contributed by atoms with Crippen LogP contribution in [0.4, 0.5) is 5.69 Å². The van der Waals surface area contributed by atoms with Crippen molar-refractivity contribution >= 4 is 5.69 Å². The van der Waals surface area contributed by atoms with Gasteiger partial charge in [-0.15, -0.1) is 0 Å². The Morgan fingerprint density at radius 3 is 2.65 bits per heavy atom. The lowest BCUT2D eigenvalue weighted by Gasteiger charge is -2.40. The molecule has 2 nitrogen and oxygen atoms in total. The molecule has 2 unspecified atom stereocenters. The standard InChI is InChI=1S/C15H24N2/c1-11(2)14-7-5-6-8-15(14)17-10-12(3)16-9-13(17)4/h5-8,11-13,16H,9-10H2,1-4H3. The summed E-state index contributed by atoms with van der Waals surface area (Å²) in [7, 11) is 0. The van der Waals surface area contributed by atoms with Crippen LogP contribution in [0.25, 0.3) is 0 Å². The van der Waals surface area contributed by atoms with Gasteiger partial charge in [0.2, 0.25) is 0 Å². The van der Waals surface area contributed by atoms with E-state index < -0.39 is 0 Å². The van der Waals surface area contributed by atoms with E-state index in [9.17, 15) is 0 Å². The number of nitrogens with zero attached hydrogens (tertiary/aromatic N) is 1. The largest absolute Gasteiger partial charge is 0.366 e. The van der Waals surface area contributed by atoms with Crippen LogP contribution in [0, 0.1) is 0 Å². The summed E-state index contributed by atoms with van der Waals surface area (Å²) >= 11 is 0. The van der Waals surface area contributed by atoms with Gasteiger partial charge < -0.3 is 10.2 Å². The monoisotopic (exact) mass is 232 g/mol. The van der Waals surface area contributed by atoms with Gasteiger partial charge in [-0.2, -0.15) is 0 Å². The summed E-state index contributed by atoms with van der Waals surface area (Å²) < 4.78 is 0. The molecule has 1 aromatic rings. The van der Waals surface area contributed by atoms with Gasteiger partial charge in [0.15, 0.2) is 0 Å². The van der Waals surface area contributed by atoms with Crippen LogP contribution in [0.5, 0.6) is 0 Å². The van der Waals surface area contributed by atoms with Crippen molar-refractivity contribution in [2.75, 3.05) is 18.0 Å². The fraction of sp³-hybridized carbons (Fsp3) is 0.600. The molecule has 1 aliphatic heterocycles. The first kappa shape index (κ1) is 12.4. The van der Waals surface area contributed by atoms with Gasteiger partial charge in [-0.05, 0) is 31.4 Å². The number of anilines is 1. The van der Waals surface area contributed by atoms with Crippen LogP contribution in [0.3, 0.4) is 0 Å². The van der Waals surface area contributed by atoms with Crippen LogP contribution >= 0.6 is 0 Å². The van der Waals surface area contributed by atoms with E-state index in [0.717, 1.165) is 13.1 Å². The minimum absolute atomic E-state index is 0.575. The molecule has 1 heterocycles. The summed E-state index contributed by atoms with van der Waals surface area (Å²) in [6, 6.07) is 9.98. The predicted octanol–water partition coefficient (Wildman–Crippen LogP) is 3.00. The number of nitrogens with one attached hydrogen (secondary N) is 1. The molecule has 2 heteroatoms. The first-order valence-corrected chi connectivity index (χ1v) is 6.68. The number of piperazine rings is 1. The van der Waals surface area contributed by atoms with Crippen LogP contribution in [0.1, 0.15) is 39.2 Å². The van der Waals surface area contributed by atoms with Gasteiger partial charge >= 0.3 is 0 Å². The molecule has 1 aliphatic rings. The minimum Gasteiger partial charge on any atom is -0.366 e. The summed E-state index contributed by atoms with van der Waals surface area (Å²) in [5.41, 5.74) is 2.89. The van der Waals surface area contributed by atoms with Crippen LogP contribution in [-0.4, -0.2) is 25.2 Å². The maximum Gasteiger partial charge on any atom is 0.0404 e. The van der Waals surface area contributed by atoms with E-state index in [-0.39, 0.29) is 0 Å². The van der Waals surface area contributed by atoms with Crippen molar-refractivity contribution in [3.8, 4) is 0 Å². The van der Waals surface area contributed by atoms with Crippen LogP contribution in [0.15, 0.2) is 24.3 Å². The third-order valence-corrected chi connectivity index (χ3v) is 3.63. The van der Waals surface area contributed by atoms with E-state index in [4.69, 9.17) is 0 Å². The molecule has 0 saturated carbocycles. The summed E-state index contributed by atoms with van der Waals surface area (Å²) in [6.07, 6.45) is 0. The highest BCUT2D eigenvalue weighted by Gasteiger charge is 2.24. The van der Waals surface area contributed by atoms with Gasteiger partial charge in [-0.25, -0.2) is 0 Å². The fourth-order valence-electron chi connectivity index (χ4n) is 2.59. The smallest absolute Gasteiger partial charge is 0.0404 e. The van der Waals surface area contributed by atoms with E-state index in [1.54, 1.807) is 0 Å². The highest BCUT2D eigenvalue weighted by Crippen LogP contribution is 2.29. The Morgan fingerprint density at radius 1 is 1.24 bits per heavy atom. The van der Waals surface area contributed by atoms with Gasteiger partial charge in [0.05, 0.1) is 0 Å². The quantitative estimate of drug-likeness (QED) is 0.843. The van der Waals surface area contributed by atoms with Gasteiger partial charge in [0.25, 0.3) is 0 Å². The molecule has 0 spiro atoms. The summed E-state index contributed by atoms with van der Waals surface area (Å²) in [5.74, 6) is 0.587. The molecular weight excluding hydrogens is 208 g/mol. The van der Waals surface area contributed by atoms with Crippen LogP contribution < -0.4 is 10.2 Å². The Labute approximate surface area is 105 Å². The topological polar surface area (TPSA) is 15.3 Å². The molecule has 0 aliphatic carbocycles. The lowest BCUT2D eigenvalue weighted by atomic mass is 9.98. The van der Waals surface area contributed by atoms with Crippen molar-refractivity contribution in [2.24, 2.45) is 0 Å². The van der Waals surface area contributed by atoms with E-state index in [2.05, 4.69) is 62.2 Å². The molecular formula is C15H24N2. The Balaban J connectivity index is 2.31. The second-order valence-corrected chi connectivity index (χ2v) is 5.52. The molecule has 1 N–H and O–H groups in total. The van der Waals surface area contributed by atoms with E-state index in [1.807, 2.05) is 0 Å². The van der Waals surface area contributed by atoms with Gasteiger partial charge in [-0.1, -0.05) is 32.0 Å². The lowest BCUT2D eigenvalue weighted by Crippen LogP contribution is -2.54. The molecule has 0 amide bonds. The van der Waals surface area contributed by atoms with Gasteiger partial charge in [0, 0.05) is 30.9 Å². The fourth-order valence-corrected chi connectivity index (χ4v) is 2.59. The van der Waals surface area contributed by atoms with Crippen molar-refractivity contribution in [3.63, 3.8) is 0 Å². The Bertz CT molecular complexity index is 373. The lowest BCUT2D eigenvalue weighted by molar-refractivity contribution is 0.424. The molecule has 0 aromatic heterocycles. The summed E-state index contributed by atoms with van der Waals surface area (Å²) in [4.78, 5) is 2.55. The molecule has 0 radical (unpaired) electrons. The molecule has 2 atom stereocenters. The average molecular weight is 232 g/mol. The second kappa shape index (κ2) is 5.09. The van der Waals surface area contributed by atoms with Crippen LogP contribution in [0.2, 0.25) is 0 Å². The van der Waals surface area contributed by atoms with Crippen molar-refractivity contribution in [2.45, 2.75) is 45.7 Å². The minimum atomic E-state index is 0.575. The normalized spacial score (nSPS) is 25.4. The van der Waals surface area contributed by atoms with Crippen molar-refractivity contribution < 1.29 is 0 Å². The number of rotatable bonds is 2. The van der Waals surface area contributed by atoms with Gasteiger partial charge in [0.1, 0.15) is 0 Å². The van der Waals surface area contributed by atoms with Gasteiger partial charge in [-0.3, -0.25) is 0 Å². The van der Waals surface area contributed by atoms with Crippen molar-refractivity contribution in [3.05, 3.63) is 29.8 Å². The Morgan fingerprint density at radius 2 is 1.94 bits per heavy atom. The number of benzene rings is 1. The molecule has 1 saturated heterocycles. The SMILES string of the molecule is CC1CN(c2ccccc2C(C)C)C(C)CN1. The molecule has 1 aromatic carbocycles. The maximum absolute atomic E-state index is 3.54. The summed E-state index contributed by atoms with van der Waals surface area (Å²) in [6.45, 7) is 11.3. The molecule has 2 rings (SSSR count). The first-order valence-electron chi connectivity index (χ1n) is 6.68. The van der Waals surface area contributed by atoms with E-state index >= 15 is 0 Å². The third kappa shape index (κ3) is 2.63. The molecule has 1 fully saturated rings. The number of hydrogen-bond donors (Lipinski definition) is 1. The molecule has 0 bridgehead atoms. The average Bonchev–Trinajstić information content (AvgIpc) is 2.32. The predicted molar refractivity (Wildman–Crippen MR) is 74.8 cm³/mol. The zero-order valence-electron chi connectivity index (χ0n) is 11.4. The second-order valence-electron chi connectivity index (χ2n) is 5.52. The molecule has 17 heavy (non-hydrogen) atoms. The number of para-hydroxylation sites is 1. The Kier molecular flexibility index (Phi) is 3.72. The van der Waals surface area contributed by atoms with Crippen molar-refractivity contribution in [1.82, 2.24) is 5.32 Å². The Hall–Kier alpha value is -1.02. The summed E-state index contributed by atoms with van der Waals surface area (Å²) in [5, 5.41) is 3.54. The first-order chi connectivity index (χ1) is 8.09. The molecule has 94 valence electrons.